The number of nitrogens with zero attached hydrogens (tertiary/aromatic N) is 1. The van der Waals surface area contributed by atoms with Crippen LogP contribution in [-0.2, 0) is 6.61 Å². The Morgan fingerprint density at radius 3 is 2.34 bits per heavy atom. The molecular weight excluding hydrogens is 602 g/mol. The summed E-state index contributed by atoms with van der Waals surface area (Å²) in [5.41, 5.74) is 1.85. The molecule has 4 rings (SSSR count). The van der Waals surface area contributed by atoms with Gasteiger partial charge < -0.3 is 14.1 Å². The number of ether oxygens (including phenoxy) is 1. The lowest BCUT2D eigenvalue weighted by atomic mass is 10.1. The Morgan fingerprint density at radius 1 is 0.969 bits per heavy atom. The second-order valence-electron chi connectivity index (χ2n) is 7.58. The smallest absolute Gasteiger partial charge is 0.185 e. The average Bonchev–Trinajstić information content (AvgIpc) is 3.25. The van der Waals surface area contributed by atoms with Gasteiger partial charge in [0.2, 0.25) is 0 Å². The summed E-state index contributed by atoms with van der Waals surface area (Å²) in [7, 11) is 0. The lowest BCUT2D eigenvalue weighted by Crippen LogP contribution is -2.29. The molecule has 32 heavy (non-hydrogen) atoms. The highest BCUT2D eigenvalue weighted by Crippen LogP contribution is 2.37. The number of carbonyl (C=O) groups is 1. The van der Waals surface area contributed by atoms with Gasteiger partial charge >= 0.3 is 0 Å². The van der Waals surface area contributed by atoms with E-state index in [1.54, 1.807) is 12.2 Å². The number of furan rings is 1. The Bertz CT molecular complexity index is 1090. The number of piperidine rings is 1. The van der Waals surface area contributed by atoms with Crippen molar-refractivity contribution in [1.82, 2.24) is 0 Å². The summed E-state index contributed by atoms with van der Waals surface area (Å²) in [6, 6.07) is 15.4. The van der Waals surface area contributed by atoms with Gasteiger partial charge in [0.1, 0.15) is 23.9 Å². The molecule has 0 spiro atoms. The minimum atomic E-state index is -0.0490. The number of anilines is 1. The summed E-state index contributed by atoms with van der Waals surface area (Å²) in [4.78, 5) is 14.9. The molecule has 0 amide bonds. The predicted octanol–water partition coefficient (Wildman–Crippen LogP) is 8.03. The van der Waals surface area contributed by atoms with Crippen molar-refractivity contribution in [3.63, 3.8) is 0 Å². The fraction of sp³-hybridized carbons (Fsp3) is 0.240. The molecule has 1 aliphatic rings. The minimum Gasteiger partial charge on any atom is -0.483 e. The topological polar surface area (TPSA) is 42.7 Å². The van der Waals surface area contributed by atoms with Gasteiger partial charge in [0.15, 0.2) is 5.78 Å². The first-order valence-electron chi connectivity index (χ1n) is 10.4. The van der Waals surface area contributed by atoms with E-state index in [1.165, 1.54) is 24.9 Å². The highest BCUT2D eigenvalue weighted by molar-refractivity contribution is 9.11. The van der Waals surface area contributed by atoms with Crippen molar-refractivity contribution < 1.29 is 13.9 Å². The Kier molecular flexibility index (Phi) is 7.92. The van der Waals surface area contributed by atoms with Crippen LogP contribution in [0.1, 0.15) is 41.1 Å². The molecule has 1 aromatic heterocycles. The number of benzene rings is 2. The van der Waals surface area contributed by atoms with Gasteiger partial charge in [0, 0.05) is 28.8 Å². The zero-order valence-corrected chi connectivity index (χ0v) is 22.1. The summed E-state index contributed by atoms with van der Waals surface area (Å²) in [5, 5.41) is 0. The highest BCUT2D eigenvalue weighted by atomic mass is 79.9. The predicted molar refractivity (Wildman–Crippen MR) is 138 cm³/mol. The van der Waals surface area contributed by atoms with Crippen LogP contribution in [0.25, 0.3) is 6.08 Å². The van der Waals surface area contributed by atoms with Gasteiger partial charge in [-0.2, -0.15) is 0 Å². The van der Waals surface area contributed by atoms with E-state index >= 15 is 0 Å². The summed E-state index contributed by atoms with van der Waals surface area (Å²) in [6.45, 7) is 2.46. The van der Waals surface area contributed by atoms with Crippen LogP contribution in [0.15, 0.2) is 72.4 Å². The maximum atomic E-state index is 12.5. The van der Waals surface area contributed by atoms with Crippen LogP contribution in [0.2, 0.25) is 0 Å². The first-order valence-corrected chi connectivity index (χ1v) is 12.8. The van der Waals surface area contributed by atoms with Crippen LogP contribution < -0.4 is 9.64 Å². The lowest BCUT2D eigenvalue weighted by Gasteiger charge is -2.28. The molecule has 0 N–H and O–H groups in total. The van der Waals surface area contributed by atoms with Gasteiger partial charge in [-0.25, -0.2) is 0 Å². The SMILES string of the molecule is O=C(/C=C/c1ccc(COc2c(Br)cc(Br)cc2Br)o1)c1ccc(N2CCCCC2)cc1. The monoisotopic (exact) mass is 621 g/mol. The molecule has 166 valence electrons. The number of halogens is 3. The van der Waals surface area contributed by atoms with E-state index in [9.17, 15) is 4.79 Å². The minimum absolute atomic E-state index is 0.0490. The third kappa shape index (κ3) is 5.94. The molecule has 1 saturated heterocycles. The zero-order valence-electron chi connectivity index (χ0n) is 17.3. The number of allylic oxidation sites excluding steroid dienone is 1. The van der Waals surface area contributed by atoms with E-state index in [4.69, 9.17) is 9.15 Å². The second kappa shape index (κ2) is 10.9. The third-order valence-corrected chi connectivity index (χ3v) is 6.91. The van der Waals surface area contributed by atoms with Gasteiger partial charge in [0.25, 0.3) is 0 Å². The van der Waals surface area contributed by atoms with Gasteiger partial charge in [-0.1, -0.05) is 15.9 Å². The van der Waals surface area contributed by atoms with Gasteiger partial charge in [-0.15, -0.1) is 0 Å². The number of hydrogen-bond donors (Lipinski definition) is 0. The average molecular weight is 624 g/mol. The van der Waals surface area contributed by atoms with Gasteiger partial charge in [0.05, 0.1) is 8.95 Å². The Hall–Kier alpha value is -1.83. The van der Waals surface area contributed by atoms with E-state index in [0.717, 1.165) is 26.5 Å². The van der Waals surface area contributed by atoms with Crippen LogP contribution in [0.5, 0.6) is 5.75 Å². The molecule has 3 aromatic rings. The molecule has 0 unspecified atom stereocenters. The molecule has 1 aliphatic heterocycles. The van der Waals surface area contributed by atoms with Crippen molar-refractivity contribution in [2.75, 3.05) is 18.0 Å². The molecule has 7 heteroatoms. The van der Waals surface area contributed by atoms with E-state index in [1.807, 2.05) is 48.5 Å². The Morgan fingerprint density at radius 2 is 1.66 bits per heavy atom. The fourth-order valence-corrected chi connectivity index (χ4v) is 6.10. The molecule has 0 atom stereocenters. The summed E-state index contributed by atoms with van der Waals surface area (Å²) in [5.74, 6) is 1.93. The molecule has 2 aromatic carbocycles. The van der Waals surface area contributed by atoms with Crippen molar-refractivity contribution >= 4 is 65.3 Å². The Balaban J connectivity index is 1.34. The number of carbonyl (C=O) groups excluding carboxylic acids is 1. The maximum absolute atomic E-state index is 12.5. The van der Waals surface area contributed by atoms with E-state index in [-0.39, 0.29) is 12.4 Å². The third-order valence-electron chi connectivity index (χ3n) is 5.28. The summed E-state index contributed by atoms with van der Waals surface area (Å²) in [6.07, 6.45) is 7.00. The Labute approximate surface area is 213 Å². The van der Waals surface area contributed by atoms with Crippen molar-refractivity contribution in [2.45, 2.75) is 25.9 Å². The van der Waals surface area contributed by atoms with Crippen molar-refractivity contribution in [3.8, 4) is 5.75 Å². The van der Waals surface area contributed by atoms with Crippen LogP contribution >= 0.6 is 47.8 Å². The fourth-order valence-electron chi connectivity index (χ4n) is 3.61. The van der Waals surface area contributed by atoms with Crippen LogP contribution in [0.3, 0.4) is 0 Å². The number of hydrogen-bond acceptors (Lipinski definition) is 4. The largest absolute Gasteiger partial charge is 0.483 e. The molecular formula is C25H22Br3NO3. The molecule has 0 saturated carbocycles. The van der Waals surface area contributed by atoms with Crippen molar-refractivity contribution in [2.24, 2.45) is 0 Å². The quantitative estimate of drug-likeness (QED) is 0.197. The van der Waals surface area contributed by atoms with E-state index in [0.29, 0.717) is 22.8 Å². The zero-order chi connectivity index (χ0) is 22.5. The summed E-state index contributed by atoms with van der Waals surface area (Å²) < 4.78 is 14.3. The molecule has 0 radical (unpaired) electrons. The lowest BCUT2D eigenvalue weighted by molar-refractivity contribution is 0.104. The van der Waals surface area contributed by atoms with Gasteiger partial charge in [-0.05, 0) is 112 Å². The molecule has 2 heterocycles. The van der Waals surface area contributed by atoms with Gasteiger partial charge in [-0.3, -0.25) is 4.79 Å². The maximum Gasteiger partial charge on any atom is 0.185 e. The highest BCUT2D eigenvalue weighted by Gasteiger charge is 2.12. The van der Waals surface area contributed by atoms with Crippen LogP contribution in [-0.4, -0.2) is 18.9 Å². The first-order chi connectivity index (χ1) is 15.5. The van der Waals surface area contributed by atoms with Crippen LogP contribution in [0, 0.1) is 0 Å². The van der Waals surface area contributed by atoms with E-state index in [2.05, 4.69) is 52.7 Å². The molecule has 0 bridgehead atoms. The van der Waals surface area contributed by atoms with E-state index < -0.39 is 0 Å². The number of rotatable bonds is 7. The van der Waals surface area contributed by atoms with Crippen LogP contribution in [0.4, 0.5) is 5.69 Å². The summed E-state index contributed by atoms with van der Waals surface area (Å²) >= 11 is 10.4. The standard InChI is InChI=1S/C25H22Br3NO3/c26-18-14-22(27)25(23(28)15-18)31-16-21-9-8-20(32-21)10-11-24(30)17-4-6-19(7-5-17)29-12-2-1-3-13-29/h4-11,14-15H,1-3,12-13,16H2/b11-10+. The molecule has 0 aliphatic carbocycles. The van der Waals surface area contributed by atoms with Crippen molar-refractivity contribution in [3.05, 3.63) is 85.1 Å². The first kappa shape index (κ1) is 23.3. The number of ketones is 1. The normalized spacial score (nSPS) is 14.2. The molecule has 1 fully saturated rings. The second-order valence-corrected chi connectivity index (χ2v) is 10.2. The van der Waals surface area contributed by atoms with Crippen molar-refractivity contribution in [1.29, 1.82) is 0 Å². The molecule has 4 nitrogen and oxygen atoms in total.